The number of carbonyl (C=O) groups is 1. The summed E-state index contributed by atoms with van der Waals surface area (Å²) in [5.74, 6) is 1.01. The van der Waals surface area contributed by atoms with E-state index in [0.717, 1.165) is 11.1 Å². The topological polar surface area (TPSA) is 38.8 Å². The molecule has 0 atom stereocenters. The average Bonchev–Trinajstić information content (AvgIpc) is 2.61. The number of benzene rings is 2. The molecule has 4 nitrogen and oxygen atoms in total. The summed E-state index contributed by atoms with van der Waals surface area (Å²) in [6.45, 7) is 1.40. The van der Waals surface area contributed by atoms with E-state index >= 15 is 0 Å². The predicted octanol–water partition coefficient (Wildman–Crippen LogP) is 4.44. The second-order valence-electron chi connectivity index (χ2n) is 5.65. The molecule has 25 heavy (non-hydrogen) atoms. The molecule has 0 saturated heterocycles. The van der Waals surface area contributed by atoms with Crippen molar-refractivity contribution in [3.8, 4) is 11.5 Å². The van der Waals surface area contributed by atoms with Gasteiger partial charge in [-0.3, -0.25) is 4.79 Å². The number of ether oxygens (including phenoxy) is 2. The van der Waals surface area contributed by atoms with Gasteiger partial charge in [-0.05, 0) is 35.4 Å². The number of carbonyl (C=O) groups excluding carboxylic acids is 1. The van der Waals surface area contributed by atoms with Gasteiger partial charge in [0, 0.05) is 24.7 Å². The van der Waals surface area contributed by atoms with E-state index < -0.39 is 0 Å². The van der Waals surface area contributed by atoms with Crippen LogP contribution in [-0.4, -0.2) is 31.1 Å². The van der Waals surface area contributed by atoms with Gasteiger partial charge < -0.3 is 14.4 Å². The third kappa shape index (κ3) is 4.27. The Labute approximate surface area is 156 Å². The molecule has 0 unspecified atom stereocenters. The first-order chi connectivity index (χ1) is 12.0. The molecule has 0 aliphatic carbocycles. The Morgan fingerprint density at radius 3 is 2.72 bits per heavy atom. The standard InChI is InChI=1S/C19H17Cl2NO3/c1-22(12-14-4-2-3-5-15(14)20)18(23)7-6-13-10-16(21)19-17(11-13)24-8-9-25-19/h2-7,10-11H,8-9,12H2,1H3/b7-6+. The SMILES string of the molecule is CN(Cc1ccccc1Cl)C(=O)/C=C/c1cc(Cl)c2c(c1)OCCO2. The van der Waals surface area contributed by atoms with Gasteiger partial charge in [0.05, 0.1) is 5.02 Å². The van der Waals surface area contributed by atoms with E-state index in [1.54, 1.807) is 30.2 Å². The van der Waals surface area contributed by atoms with Gasteiger partial charge in [-0.2, -0.15) is 0 Å². The van der Waals surface area contributed by atoms with E-state index in [2.05, 4.69) is 0 Å². The molecule has 2 aromatic carbocycles. The molecule has 3 rings (SSSR count). The minimum absolute atomic E-state index is 0.133. The third-order valence-electron chi connectivity index (χ3n) is 3.78. The minimum atomic E-state index is -0.133. The van der Waals surface area contributed by atoms with Crippen LogP contribution < -0.4 is 9.47 Å². The van der Waals surface area contributed by atoms with Crippen molar-refractivity contribution in [3.05, 3.63) is 63.6 Å². The number of nitrogens with zero attached hydrogens (tertiary/aromatic N) is 1. The smallest absolute Gasteiger partial charge is 0.246 e. The summed E-state index contributed by atoms with van der Waals surface area (Å²) in [6.07, 6.45) is 3.20. The van der Waals surface area contributed by atoms with E-state index in [0.29, 0.717) is 41.3 Å². The molecule has 0 aromatic heterocycles. The normalized spacial score (nSPS) is 13.1. The molecule has 1 heterocycles. The van der Waals surface area contributed by atoms with E-state index in [1.165, 1.54) is 6.08 Å². The van der Waals surface area contributed by atoms with Crippen molar-refractivity contribution < 1.29 is 14.3 Å². The molecule has 6 heteroatoms. The Morgan fingerprint density at radius 1 is 1.16 bits per heavy atom. The fourth-order valence-corrected chi connectivity index (χ4v) is 2.95. The number of amides is 1. The van der Waals surface area contributed by atoms with Crippen LogP contribution in [-0.2, 0) is 11.3 Å². The number of halogens is 2. The van der Waals surface area contributed by atoms with Crippen LogP contribution in [0.25, 0.3) is 6.08 Å². The van der Waals surface area contributed by atoms with Crippen molar-refractivity contribution in [2.45, 2.75) is 6.54 Å². The van der Waals surface area contributed by atoms with Crippen molar-refractivity contribution in [3.63, 3.8) is 0 Å². The molecule has 0 radical (unpaired) electrons. The second kappa shape index (κ2) is 7.81. The van der Waals surface area contributed by atoms with E-state index in [4.69, 9.17) is 32.7 Å². The van der Waals surface area contributed by atoms with Gasteiger partial charge in [-0.25, -0.2) is 0 Å². The van der Waals surface area contributed by atoms with E-state index in [1.807, 2.05) is 24.3 Å². The fourth-order valence-electron chi connectivity index (χ4n) is 2.48. The van der Waals surface area contributed by atoms with Crippen LogP contribution in [0.2, 0.25) is 10.0 Å². The first-order valence-electron chi connectivity index (χ1n) is 7.80. The molecule has 1 amide bonds. The summed E-state index contributed by atoms with van der Waals surface area (Å²) in [7, 11) is 1.73. The molecule has 0 N–H and O–H groups in total. The zero-order chi connectivity index (χ0) is 17.8. The third-order valence-corrected chi connectivity index (χ3v) is 4.43. The summed E-state index contributed by atoms with van der Waals surface area (Å²) in [6, 6.07) is 11.0. The predicted molar refractivity (Wildman–Crippen MR) is 99.4 cm³/mol. The molecular formula is C19H17Cl2NO3. The van der Waals surface area contributed by atoms with E-state index in [9.17, 15) is 4.79 Å². The van der Waals surface area contributed by atoms with Crippen molar-refractivity contribution >= 4 is 35.2 Å². The van der Waals surface area contributed by atoms with Crippen LogP contribution in [0.1, 0.15) is 11.1 Å². The van der Waals surface area contributed by atoms with Crippen LogP contribution in [0.4, 0.5) is 0 Å². The highest BCUT2D eigenvalue weighted by Gasteiger charge is 2.16. The van der Waals surface area contributed by atoms with Gasteiger partial charge in [-0.15, -0.1) is 0 Å². The number of hydrogen-bond donors (Lipinski definition) is 0. The summed E-state index contributed by atoms with van der Waals surface area (Å²) in [5, 5.41) is 1.11. The van der Waals surface area contributed by atoms with Crippen molar-refractivity contribution in [2.24, 2.45) is 0 Å². The summed E-state index contributed by atoms with van der Waals surface area (Å²) < 4.78 is 11.0. The van der Waals surface area contributed by atoms with Crippen LogP contribution >= 0.6 is 23.2 Å². The lowest BCUT2D eigenvalue weighted by Gasteiger charge is -2.19. The molecule has 0 saturated carbocycles. The first-order valence-corrected chi connectivity index (χ1v) is 8.56. The van der Waals surface area contributed by atoms with Crippen molar-refractivity contribution in [1.29, 1.82) is 0 Å². The number of likely N-dealkylation sites (N-methyl/N-ethyl adjacent to an activating group) is 1. The van der Waals surface area contributed by atoms with E-state index in [-0.39, 0.29) is 5.91 Å². The van der Waals surface area contributed by atoms with Crippen LogP contribution in [0.15, 0.2) is 42.5 Å². The lowest BCUT2D eigenvalue weighted by Crippen LogP contribution is -2.24. The Kier molecular flexibility index (Phi) is 5.51. The number of fused-ring (bicyclic) bond motifs is 1. The highest BCUT2D eigenvalue weighted by Crippen LogP contribution is 2.38. The minimum Gasteiger partial charge on any atom is -0.486 e. The molecule has 1 aliphatic heterocycles. The molecule has 0 spiro atoms. The number of rotatable bonds is 4. The molecule has 130 valence electrons. The maximum atomic E-state index is 12.3. The first kappa shape index (κ1) is 17.6. The van der Waals surface area contributed by atoms with Crippen LogP contribution in [0.3, 0.4) is 0 Å². The molecule has 0 bridgehead atoms. The lowest BCUT2D eigenvalue weighted by atomic mass is 10.1. The van der Waals surface area contributed by atoms with Gasteiger partial charge in [-0.1, -0.05) is 41.4 Å². The molecule has 0 fully saturated rings. The largest absolute Gasteiger partial charge is 0.486 e. The van der Waals surface area contributed by atoms with Crippen LogP contribution in [0.5, 0.6) is 11.5 Å². The Morgan fingerprint density at radius 2 is 1.92 bits per heavy atom. The average molecular weight is 378 g/mol. The Bertz CT molecular complexity index is 820. The second-order valence-corrected chi connectivity index (χ2v) is 6.46. The fraction of sp³-hybridized carbons (Fsp3) is 0.211. The monoisotopic (exact) mass is 377 g/mol. The summed E-state index contributed by atoms with van der Waals surface area (Å²) >= 11 is 12.3. The Hall–Kier alpha value is -2.17. The zero-order valence-electron chi connectivity index (χ0n) is 13.7. The summed E-state index contributed by atoms with van der Waals surface area (Å²) in [4.78, 5) is 13.9. The van der Waals surface area contributed by atoms with Gasteiger partial charge in [0.1, 0.15) is 13.2 Å². The van der Waals surface area contributed by atoms with Gasteiger partial charge in [0.25, 0.3) is 0 Å². The van der Waals surface area contributed by atoms with Crippen molar-refractivity contribution in [2.75, 3.05) is 20.3 Å². The van der Waals surface area contributed by atoms with Gasteiger partial charge in [0.2, 0.25) is 5.91 Å². The Balaban J connectivity index is 1.70. The molecule has 2 aromatic rings. The maximum Gasteiger partial charge on any atom is 0.246 e. The highest BCUT2D eigenvalue weighted by atomic mass is 35.5. The van der Waals surface area contributed by atoms with Crippen molar-refractivity contribution in [1.82, 2.24) is 4.90 Å². The molecular weight excluding hydrogens is 361 g/mol. The van der Waals surface area contributed by atoms with Crippen LogP contribution in [0, 0.1) is 0 Å². The zero-order valence-corrected chi connectivity index (χ0v) is 15.2. The quantitative estimate of drug-likeness (QED) is 0.739. The highest BCUT2D eigenvalue weighted by molar-refractivity contribution is 6.32. The lowest BCUT2D eigenvalue weighted by molar-refractivity contribution is -0.125. The molecule has 1 aliphatic rings. The number of hydrogen-bond acceptors (Lipinski definition) is 3. The van der Waals surface area contributed by atoms with Gasteiger partial charge >= 0.3 is 0 Å². The van der Waals surface area contributed by atoms with Gasteiger partial charge in [0.15, 0.2) is 11.5 Å². The maximum absolute atomic E-state index is 12.3. The summed E-state index contributed by atoms with van der Waals surface area (Å²) in [5.41, 5.74) is 1.67.